The molecule has 0 fully saturated rings. The van der Waals surface area contributed by atoms with Crippen LogP contribution in [0.5, 0.6) is 5.75 Å². The highest BCUT2D eigenvalue weighted by Crippen LogP contribution is 2.31. The standard InChI is InChI=1S/C17H14ClFN2O3/c18-12-9-10(5-6-13(12)19)20-16(22)17(23)21-14-7-8-24-15-4-2-1-3-11(14)15/h1-6,9,14H,7-8H2,(H,20,22)(H,21,23)/t14-/m0/s1. The zero-order valence-corrected chi connectivity index (χ0v) is 13.3. The summed E-state index contributed by atoms with van der Waals surface area (Å²) in [6.45, 7) is 0.456. The van der Waals surface area contributed by atoms with Crippen molar-refractivity contribution in [1.29, 1.82) is 0 Å². The van der Waals surface area contributed by atoms with Crippen molar-refractivity contribution in [2.75, 3.05) is 11.9 Å². The Morgan fingerprint density at radius 3 is 2.75 bits per heavy atom. The first kappa shape index (κ1) is 16.3. The second-order valence-electron chi connectivity index (χ2n) is 5.28. The van der Waals surface area contributed by atoms with Crippen LogP contribution >= 0.6 is 11.6 Å². The molecule has 0 radical (unpaired) electrons. The first-order valence-corrected chi connectivity index (χ1v) is 7.71. The van der Waals surface area contributed by atoms with Gasteiger partial charge in [-0.2, -0.15) is 0 Å². The lowest BCUT2D eigenvalue weighted by Gasteiger charge is -2.26. The minimum atomic E-state index is -0.846. The average molecular weight is 349 g/mol. The van der Waals surface area contributed by atoms with Gasteiger partial charge < -0.3 is 15.4 Å². The molecule has 0 aliphatic carbocycles. The average Bonchev–Trinajstić information content (AvgIpc) is 2.58. The zero-order chi connectivity index (χ0) is 17.1. The molecule has 0 bridgehead atoms. The van der Waals surface area contributed by atoms with E-state index >= 15 is 0 Å². The van der Waals surface area contributed by atoms with Gasteiger partial charge in [0.2, 0.25) is 0 Å². The minimum Gasteiger partial charge on any atom is -0.493 e. The number of carbonyl (C=O) groups is 2. The minimum absolute atomic E-state index is 0.133. The van der Waals surface area contributed by atoms with Crippen LogP contribution in [0, 0.1) is 5.82 Å². The Bertz CT molecular complexity index is 797. The molecule has 24 heavy (non-hydrogen) atoms. The van der Waals surface area contributed by atoms with Crippen molar-refractivity contribution in [1.82, 2.24) is 5.32 Å². The maximum atomic E-state index is 13.1. The number of carbonyl (C=O) groups excluding carboxylic acids is 2. The summed E-state index contributed by atoms with van der Waals surface area (Å²) in [7, 11) is 0. The quantitative estimate of drug-likeness (QED) is 0.820. The van der Waals surface area contributed by atoms with E-state index in [1.165, 1.54) is 12.1 Å². The molecule has 2 aromatic rings. The van der Waals surface area contributed by atoms with Crippen molar-refractivity contribution in [3.05, 3.63) is 58.9 Å². The molecule has 0 aromatic heterocycles. The van der Waals surface area contributed by atoms with Gasteiger partial charge in [-0.3, -0.25) is 9.59 Å². The monoisotopic (exact) mass is 348 g/mol. The van der Waals surface area contributed by atoms with Gasteiger partial charge in [-0.15, -0.1) is 0 Å². The summed E-state index contributed by atoms with van der Waals surface area (Å²) in [6, 6.07) is 10.7. The second kappa shape index (κ2) is 6.88. The maximum absolute atomic E-state index is 13.1. The number of para-hydroxylation sites is 1. The number of halogens is 2. The van der Waals surface area contributed by atoms with Crippen LogP contribution in [0.4, 0.5) is 10.1 Å². The van der Waals surface area contributed by atoms with E-state index < -0.39 is 17.6 Å². The van der Waals surface area contributed by atoms with Crippen molar-refractivity contribution < 1.29 is 18.7 Å². The van der Waals surface area contributed by atoms with Crippen molar-refractivity contribution in [3.8, 4) is 5.75 Å². The third kappa shape index (κ3) is 3.49. The molecule has 1 heterocycles. The Morgan fingerprint density at radius 1 is 1.17 bits per heavy atom. The van der Waals surface area contributed by atoms with E-state index in [4.69, 9.17) is 16.3 Å². The van der Waals surface area contributed by atoms with Crippen LogP contribution in [0.15, 0.2) is 42.5 Å². The number of rotatable bonds is 2. The predicted octanol–water partition coefficient (Wildman–Crippen LogP) is 3.06. The van der Waals surface area contributed by atoms with Gasteiger partial charge >= 0.3 is 11.8 Å². The van der Waals surface area contributed by atoms with Crippen molar-refractivity contribution >= 4 is 29.1 Å². The Hall–Kier alpha value is -2.60. The predicted molar refractivity (Wildman–Crippen MR) is 87.5 cm³/mol. The fraction of sp³-hybridized carbons (Fsp3) is 0.176. The van der Waals surface area contributed by atoms with Gasteiger partial charge in [0, 0.05) is 17.7 Å². The summed E-state index contributed by atoms with van der Waals surface area (Å²) in [5.41, 5.74) is 1.07. The summed E-state index contributed by atoms with van der Waals surface area (Å²) in [6.07, 6.45) is 0.568. The third-order valence-electron chi connectivity index (χ3n) is 3.65. The number of hydrogen-bond acceptors (Lipinski definition) is 3. The van der Waals surface area contributed by atoms with Gasteiger partial charge in [0.05, 0.1) is 17.7 Å². The lowest BCUT2D eigenvalue weighted by Crippen LogP contribution is -2.39. The summed E-state index contributed by atoms with van der Waals surface area (Å²) >= 11 is 5.65. The Balaban J connectivity index is 1.67. The topological polar surface area (TPSA) is 67.4 Å². The highest BCUT2D eigenvalue weighted by Gasteiger charge is 2.25. The molecule has 1 atom stereocenters. The van der Waals surface area contributed by atoms with Crippen LogP contribution in [-0.2, 0) is 9.59 Å². The van der Waals surface area contributed by atoms with E-state index in [9.17, 15) is 14.0 Å². The number of ether oxygens (including phenoxy) is 1. The SMILES string of the molecule is O=C(Nc1ccc(F)c(Cl)c1)C(=O)N[C@H]1CCOc2ccccc21. The summed E-state index contributed by atoms with van der Waals surface area (Å²) in [5, 5.41) is 4.94. The van der Waals surface area contributed by atoms with Gasteiger partial charge in [-0.1, -0.05) is 29.8 Å². The van der Waals surface area contributed by atoms with Gasteiger partial charge in [-0.25, -0.2) is 4.39 Å². The molecular formula is C17H14ClFN2O3. The molecule has 124 valence electrons. The van der Waals surface area contributed by atoms with Crippen molar-refractivity contribution in [3.63, 3.8) is 0 Å². The van der Waals surface area contributed by atoms with Gasteiger partial charge in [0.1, 0.15) is 11.6 Å². The van der Waals surface area contributed by atoms with E-state index in [1.54, 1.807) is 0 Å². The lowest BCUT2D eigenvalue weighted by molar-refractivity contribution is -0.136. The van der Waals surface area contributed by atoms with Crippen LogP contribution in [0.2, 0.25) is 5.02 Å². The number of amides is 2. The number of benzene rings is 2. The van der Waals surface area contributed by atoms with Gasteiger partial charge in [-0.05, 0) is 24.3 Å². The summed E-state index contributed by atoms with van der Waals surface area (Å²) in [4.78, 5) is 24.1. The molecule has 2 N–H and O–H groups in total. The molecule has 2 aromatic carbocycles. The van der Waals surface area contributed by atoms with Crippen LogP contribution in [0.25, 0.3) is 0 Å². The largest absolute Gasteiger partial charge is 0.493 e. The highest BCUT2D eigenvalue weighted by atomic mass is 35.5. The molecule has 0 saturated heterocycles. The van der Waals surface area contributed by atoms with E-state index in [1.807, 2.05) is 24.3 Å². The van der Waals surface area contributed by atoms with Crippen molar-refractivity contribution in [2.24, 2.45) is 0 Å². The van der Waals surface area contributed by atoms with E-state index in [0.717, 1.165) is 11.6 Å². The van der Waals surface area contributed by atoms with E-state index in [0.29, 0.717) is 18.8 Å². The summed E-state index contributed by atoms with van der Waals surface area (Å²) < 4.78 is 18.6. The van der Waals surface area contributed by atoms with Gasteiger partial charge in [0.15, 0.2) is 0 Å². The van der Waals surface area contributed by atoms with E-state index in [2.05, 4.69) is 10.6 Å². The fourth-order valence-electron chi connectivity index (χ4n) is 2.48. The maximum Gasteiger partial charge on any atom is 0.313 e. The molecule has 1 aliphatic rings. The number of hydrogen-bond donors (Lipinski definition) is 2. The second-order valence-corrected chi connectivity index (χ2v) is 5.69. The Labute approximate surface area is 142 Å². The van der Waals surface area contributed by atoms with Crippen LogP contribution in [0.1, 0.15) is 18.0 Å². The molecule has 7 heteroatoms. The molecule has 2 amide bonds. The third-order valence-corrected chi connectivity index (χ3v) is 3.94. The molecule has 0 spiro atoms. The van der Waals surface area contributed by atoms with Gasteiger partial charge in [0.25, 0.3) is 0 Å². The molecule has 0 saturated carbocycles. The van der Waals surface area contributed by atoms with E-state index in [-0.39, 0.29) is 16.8 Å². The molecule has 0 unspecified atom stereocenters. The first-order chi connectivity index (χ1) is 11.5. The highest BCUT2D eigenvalue weighted by molar-refractivity contribution is 6.40. The molecule has 1 aliphatic heterocycles. The Kier molecular flexibility index (Phi) is 4.66. The summed E-state index contributed by atoms with van der Waals surface area (Å²) in [5.74, 6) is -1.53. The zero-order valence-electron chi connectivity index (χ0n) is 12.5. The smallest absolute Gasteiger partial charge is 0.313 e. The fourth-order valence-corrected chi connectivity index (χ4v) is 2.66. The van der Waals surface area contributed by atoms with Crippen LogP contribution < -0.4 is 15.4 Å². The normalized spacial score (nSPS) is 15.8. The lowest BCUT2D eigenvalue weighted by atomic mass is 10.0. The molecule has 5 nitrogen and oxygen atoms in total. The molecular weight excluding hydrogens is 335 g/mol. The molecule has 3 rings (SSSR count). The van der Waals surface area contributed by atoms with Crippen molar-refractivity contribution in [2.45, 2.75) is 12.5 Å². The Morgan fingerprint density at radius 2 is 1.96 bits per heavy atom. The number of anilines is 1. The first-order valence-electron chi connectivity index (χ1n) is 7.33. The number of fused-ring (bicyclic) bond motifs is 1. The van der Waals surface area contributed by atoms with Crippen LogP contribution in [-0.4, -0.2) is 18.4 Å². The number of nitrogens with one attached hydrogen (secondary N) is 2. The van der Waals surface area contributed by atoms with Crippen LogP contribution in [0.3, 0.4) is 0 Å².